The molecule has 3 aromatic rings. The van der Waals surface area contributed by atoms with Crippen LogP contribution in [0.25, 0.3) is 10.9 Å². The maximum atomic E-state index is 5.74. The van der Waals surface area contributed by atoms with Gasteiger partial charge in [-0.1, -0.05) is 24.3 Å². The van der Waals surface area contributed by atoms with E-state index in [0.717, 1.165) is 27.7 Å². The molecule has 0 fully saturated rings. The fraction of sp³-hybridized carbons (Fsp3) is 0.125. The van der Waals surface area contributed by atoms with Gasteiger partial charge in [-0.15, -0.1) is 0 Å². The zero-order valence-electron chi connectivity index (χ0n) is 11.2. The Morgan fingerprint density at radius 2 is 1.85 bits per heavy atom. The molecule has 1 atom stereocenters. The van der Waals surface area contributed by atoms with Crippen molar-refractivity contribution in [3.8, 4) is 0 Å². The van der Waals surface area contributed by atoms with E-state index >= 15 is 0 Å². The molecule has 3 rings (SSSR count). The summed E-state index contributed by atoms with van der Waals surface area (Å²) in [4.78, 5) is 8.83. The summed E-state index contributed by atoms with van der Waals surface area (Å²) in [5, 5.41) is 1.12. The van der Waals surface area contributed by atoms with E-state index in [1.54, 1.807) is 12.4 Å². The predicted octanol–water partition coefficient (Wildman–Crippen LogP) is 2.49. The third-order valence-corrected chi connectivity index (χ3v) is 3.45. The smallest absolute Gasteiger partial charge is 0.0884 e. The molecule has 0 aliphatic carbocycles. The summed E-state index contributed by atoms with van der Waals surface area (Å²) in [6, 6.07) is 14.0. The van der Waals surface area contributed by atoms with Crippen molar-refractivity contribution in [3.63, 3.8) is 0 Å². The second-order valence-corrected chi connectivity index (χ2v) is 4.76. The Bertz CT molecular complexity index is 739. The number of nitrogens with zero attached hydrogens (tertiary/aromatic N) is 2. The maximum absolute atomic E-state index is 5.74. The number of hydrogen-bond acceptors (Lipinski definition) is 4. The first kappa shape index (κ1) is 12.7. The van der Waals surface area contributed by atoms with Crippen LogP contribution in [-0.4, -0.2) is 9.97 Å². The molecule has 2 heterocycles. The summed E-state index contributed by atoms with van der Waals surface area (Å²) in [6.07, 6.45) is 3.58. The molecule has 1 aromatic carbocycles. The van der Waals surface area contributed by atoms with Gasteiger partial charge in [-0.05, 0) is 36.2 Å². The highest BCUT2D eigenvalue weighted by Crippen LogP contribution is 2.24. The summed E-state index contributed by atoms with van der Waals surface area (Å²) in [5.74, 6) is 5.74. The van der Waals surface area contributed by atoms with Crippen molar-refractivity contribution in [2.45, 2.75) is 13.0 Å². The van der Waals surface area contributed by atoms with E-state index in [0.29, 0.717) is 0 Å². The number of pyridine rings is 2. The lowest BCUT2D eigenvalue weighted by Gasteiger charge is -2.18. The van der Waals surface area contributed by atoms with Crippen molar-refractivity contribution in [1.29, 1.82) is 0 Å². The molecule has 4 nitrogen and oxygen atoms in total. The number of rotatable bonds is 3. The zero-order valence-corrected chi connectivity index (χ0v) is 11.2. The first-order valence-corrected chi connectivity index (χ1v) is 6.52. The van der Waals surface area contributed by atoms with Crippen LogP contribution in [0, 0.1) is 6.92 Å². The van der Waals surface area contributed by atoms with E-state index in [1.807, 2.05) is 37.3 Å². The Morgan fingerprint density at radius 1 is 1.05 bits per heavy atom. The van der Waals surface area contributed by atoms with Crippen molar-refractivity contribution in [2.24, 2.45) is 5.84 Å². The molecule has 20 heavy (non-hydrogen) atoms. The molecule has 0 saturated carbocycles. The Labute approximate surface area is 117 Å². The molecular formula is C16H16N4. The minimum Gasteiger partial charge on any atom is -0.271 e. The van der Waals surface area contributed by atoms with Crippen LogP contribution in [0.4, 0.5) is 0 Å². The van der Waals surface area contributed by atoms with Gasteiger partial charge in [0.25, 0.3) is 0 Å². The number of aromatic nitrogens is 2. The Morgan fingerprint density at radius 3 is 2.65 bits per heavy atom. The fourth-order valence-electron chi connectivity index (χ4n) is 2.40. The van der Waals surface area contributed by atoms with E-state index in [-0.39, 0.29) is 6.04 Å². The van der Waals surface area contributed by atoms with E-state index in [9.17, 15) is 0 Å². The van der Waals surface area contributed by atoms with Gasteiger partial charge in [-0.3, -0.25) is 15.8 Å². The van der Waals surface area contributed by atoms with Crippen LogP contribution in [0.15, 0.2) is 54.9 Å². The molecule has 2 aromatic heterocycles. The number of nitrogens with one attached hydrogen (secondary N) is 1. The van der Waals surface area contributed by atoms with Crippen LogP contribution in [0.3, 0.4) is 0 Å². The van der Waals surface area contributed by atoms with Gasteiger partial charge in [0.05, 0.1) is 17.3 Å². The quantitative estimate of drug-likeness (QED) is 0.563. The molecule has 0 amide bonds. The normalized spacial score (nSPS) is 12.5. The standard InChI is InChI=1S/C16H16N4/c1-11-4-2-9-19-15(11)16(20-17)13-7-6-12-5-3-8-18-14(12)10-13/h2-10,16,20H,17H2,1H3. The Balaban J connectivity index is 2.10. The Hall–Kier alpha value is -2.30. The number of hydrogen-bond donors (Lipinski definition) is 2. The van der Waals surface area contributed by atoms with Gasteiger partial charge in [0, 0.05) is 17.8 Å². The van der Waals surface area contributed by atoms with Gasteiger partial charge in [0.2, 0.25) is 0 Å². The maximum Gasteiger partial charge on any atom is 0.0884 e. The molecule has 0 aliphatic heterocycles. The van der Waals surface area contributed by atoms with Gasteiger partial charge in [-0.25, -0.2) is 5.43 Å². The summed E-state index contributed by atoms with van der Waals surface area (Å²) < 4.78 is 0. The summed E-state index contributed by atoms with van der Waals surface area (Å²) >= 11 is 0. The highest BCUT2D eigenvalue weighted by Gasteiger charge is 2.16. The monoisotopic (exact) mass is 264 g/mol. The van der Waals surface area contributed by atoms with Crippen molar-refractivity contribution < 1.29 is 0 Å². The second kappa shape index (κ2) is 5.36. The lowest BCUT2D eigenvalue weighted by atomic mass is 9.99. The first-order valence-electron chi connectivity index (χ1n) is 6.52. The lowest BCUT2D eigenvalue weighted by Crippen LogP contribution is -2.30. The largest absolute Gasteiger partial charge is 0.271 e. The summed E-state index contributed by atoms with van der Waals surface area (Å²) in [5.41, 5.74) is 6.91. The molecule has 0 bridgehead atoms. The molecule has 3 N–H and O–H groups in total. The van der Waals surface area contributed by atoms with Gasteiger partial charge in [0.15, 0.2) is 0 Å². The molecule has 4 heteroatoms. The minimum atomic E-state index is -0.136. The van der Waals surface area contributed by atoms with Crippen molar-refractivity contribution >= 4 is 10.9 Å². The SMILES string of the molecule is Cc1cccnc1C(NN)c1ccc2cccnc2c1. The molecule has 0 spiro atoms. The van der Waals surface area contributed by atoms with Crippen LogP contribution in [0.2, 0.25) is 0 Å². The van der Waals surface area contributed by atoms with E-state index in [4.69, 9.17) is 5.84 Å². The minimum absolute atomic E-state index is 0.136. The lowest BCUT2D eigenvalue weighted by molar-refractivity contribution is 0.617. The van der Waals surface area contributed by atoms with Crippen LogP contribution in [0.1, 0.15) is 22.9 Å². The summed E-state index contributed by atoms with van der Waals surface area (Å²) in [7, 11) is 0. The fourth-order valence-corrected chi connectivity index (χ4v) is 2.40. The molecule has 100 valence electrons. The van der Waals surface area contributed by atoms with Gasteiger partial charge < -0.3 is 0 Å². The molecular weight excluding hydrogens is 248 g/mol. The average Bonchev–Trinajstić information content (AvgIpc) is 2.50. The number of nitrogens with two attached hydrogens (primary N) is 1. The summed E-state index contributed by atoms with van der Waals surface area (Å²) in [6.45, 7) is 2.03. The Kier molecular flexibility index (Phi) is 3.41. The van der Waals surface area contributed by atoms with Gasteiger partial charge in [-0.2, -0.15) is 0 Å². The van der Waals surface area contributed by atoms with Gasteiger partial charge in [0.1, 0.15) is 0 Å². The van der Waals surface area contributed by atoms with Crippen molar-refractivity contribution in [1.82, 2.24) is 15.4 Å². The van der Waals surface area contributed by atoms with Crippen molar-refractivity contribution in [3.05, 3.63) is 71.7 Å². The van der Waals surface area contributed by atoms with Crippen LogP contribution in [-0.2, 0) is 0 Å². The van der Waals surface area contributed by atoms with E-state index in [1.165, 1.54) is 0 Å². The molecule has 1 unspecified atom stereocenters. The first-order chi connectivity index (χ1) is 9.79. The van der Waals surface area contributed by atoms with Crippen molar-refractivity contribution in [2.75, 3.05) is 0 Å². The molecule has 0 aliphatic rings. The highest BCUT2D eigenvalue weighted by molar-refractivity contribution is 5.79. The van der Waals surface area contributed by atoms with Crippen LogP contribution in [0.5, 0.6) is 0 Å². The van der Waals surface area contributed by atoms with Gasteiger partial charge >= 0.3 is 0 Å². The van der Waals surface area contributed by atoms with E-state index < -0.39 is 0 Å². The highest BCUT2D eigenvalue weighted by atomic mass is 15.2. The number of benzene rings is 1. The third kappa shape index (κ3) is 2.27. The number of hydrazine groups is 1. The second-order valence-electron chi connectivity index (χ2n) is 4.76. The molecule has 0 saturated heterocycles. The zero-order chi connectivity index (χ0) is 13.9. The number of aryl methyl sites for hydroxylation is 1. The predicted molar refractivity (Wildman–Crippen MR) is 79.9 cm³/mol. The van der Waals surface area contributed by atoms with Crippen LogP contribution < -0.4 is 11.3 Å². The van der Waals surface area contributed by atoms with E-state index in [2.05, 4.69) is 27.5 Å². The topological polar surface area (TPSA) is 63.8 Å². The van der Waals surface area contributed by atoms with Crippen LogP contribution >= 0.6 is 0 Å². The number of fused-ring (bicyclic) bond motifs is 1. The average molecular weight is 264 g/mol. The third-order valence-electron chi connectivity index (χ3n) is 3.45. The molecule has 0 radical (unpaired) electrons.